The average molecular weight is 425 g/mol. The van der Waals surface area contributed by atoms with E-state index in [2.05, 4.69) is 35.9 Å². The van der Waals surface area contributed by atoms with Gasteiger partial charge in [-0.25, -0.2) is 9.97 Å². The Morgan fingerprint density at radius 3 is 2.77 bits per heavy atom. The molecule has 0 atom stereocenters. The van der Waals surface area contributed by atoms with Crippen LogP contribution in [0.3, 0.4) is 0 Å². The topological polar surface area (TPSA) is 125 Å². The van der Waals surface area contributed by atoms with Crippen molar-refractivity contribution in [3.63, 3.8) is 0 Å². The molecule has 0 bridgehead atoms. The number of carbonyl (C=O) groups excluding carboxylic acids is 1. The predicted molar refractivity (Wildman–Crippen MR) is 114 cm³/mol. The highest BCUT2D eigenvalue weighted by Crippen LogP contribution is 2.25. The summed E-state index contributed by atoms with van der Waals surface area (Å²) in [6, 6.07) is 5.26. The van der Waals surface area contributed by atoms with Gasteiger partial charge in [0, 0.05) is 25.7 Å². The zero-order valence-corrected chi connectivity index (χ0v) is 17.3. The van der Waals surface area contributed by atoms with Gasteiger partial charge in [0.2, 0.25) is 5.95 Å². The molecule has 4 N–H and O–H groups in total. The zero-order valence-electron chi connectivity index (χ0n) is 17.3. The lowest BCUT2D eigenvalue weighted by atomic mass is 9.86. The van der Waals surface area contributed by atoms with E-state index in [9.17, 15) is 14.0 Å². The van der Waals surface area contributed by atoms with E-state index in [4.69, 9.17) is 0 Å². The summed E-state index contributed by atoms with van der Waals surface area (Å²) < 4.78 is 14.1. The second-order valence-corrected chi connectivity index (χ2v) is 7.56. The summed E-state index contributed by atoms with van der Waals surface area (Å²) in [4.78, 5) is 38.8. The van der Waals surface area contributed by atoms with Gasteiger partial charge < -0.3 is 20.9 Å². The summed E-state index contributed by atoms with van der Waals surface area (Å²) in [6.45, 7) is 2.45. The molecule has 1 aliphatic rings. The van der Waals surface area contributed by atoms with Crippen molar-refractivity contribution in [1.82, 2.24) is 30.6 Å². The standard InChI is InChI=1S/C21H24FN7O2/c1-3-14-21(31)29-17-8-13(25-10-18(17)27-14)9-24-11-6-12(7-11)26-15-4-5-16(20(30)23-2)28-19(15)22/h4-5,8,10-12,24,26H,3,6-7,9H2,1-2H3,(H,23,30)(H,29,31). The first-order valence-electron chi connectivity index (χ1n) is 10.2. The number of carbonyl (C=O) groups is 1. The fourth-order valence-corrected chi connectivity index (χ4v) is 3.58. The Hall–Kier alpha value is -3.40. The first kappa shape index (κ1) is 20.9. The number of halogens is 1. The molecule has 1 amide bonds. The number of aromatic nitrogens is 4. The second-order valence-electron chi connectivity index (χ2n) is 7.56. The predicted octanol–water partition coefficient (Wildman–Crippen LogP) is 1.51. The number of nitrogens with one attached hydrogen (secondary N) is 4. The summed E-state index contributed by atoms with van der Waals surface area (Å²) in [5, 5.41) is 8.97. The zero-order chi connectivity index (χ0) is 22.0. The van der Waals surface area contributed by atoms with Crippen LogP contribution in [-0.2, 0) is 13.0 Å². The number of aromatic amines is 1. The van der Waals surface area contributed by atoms with Crippen LogP contribution in [0.2, 0.25) is 0 Å². The molecule has 3 aromatic heterocycles. The molecule has 0 aromatic carbocycles. The third kappa shape index (κ3) is 4.53. The van der Waals surface area contributed by atoms with Crippen molar-refractivity contribution >= 4 is 22.6 Å². The molecule has 4 rings (SSSR count). The van der Waals surface area contributed by atoms with Crippen LogP contribution in [0.1, 0.15) is 41.6 Å². The number of anilines is 1. The molecule has 10 heteroatoms. The third-order valence-corrected chi connectivity index (χ3v) is 5.42. The highest BCUT2D eigenvalue weighted by Gasteiger charge is 2.29. The Morgan fingerprint density at radius 2 is 2.06 bits per heavy atom. The molecular weight excluding hydrogens is 401 g/mol. The lowest BCUT2D eigenvalue weighted by Crippen LogP contribution is -2.47. The van der Waals surface area contributed by atoms with Crippen LogP contribution < -0.4 is 21.5 Å². The molecule has 0 unspecified atom stereocenters. The van der Waals surface area contributed by atoms with E-state index in [1.165, 1.54) is 19.2 Å². The molecule has 3 heterocycles. The van der Waals surface area contributed by atoms with Crippen molar-refractivity contribution in [2.75, 3.05) is 12.4 Å². The van der Waals surface area contributed by atoms with Gasteiger partial charge in [-0.3, -0.25) is 14.6 Å². The normalized spacial score (nSPS) is 17.9. The summed E-state index contributed by atoms with van der Waals surface area (Å²) in [5.41, 5.74) is 2.82. The Bertz CT molecular complexity index is 1170. The van der Waals surface area contributed by atoms with Gasteiger partial charge in [0.05, 0.1) is 23.1 Å². The van der Waals surface area contributed by atoms with Crippen molar-refractivity contribution in [2.24, 2.45) is 0 Å². The Labute approximate surface area is 177 Å². The summed E-state index contributed by atoms with van der Waals surface area (Å²) in [6.07, 6.45) is 3.89. The molecule has 0 radical (unpaired) electrons. The van der Waals surface area contributed by atoms with Gasteiger partial charge >= 0.3 is 0 Å². The van der Waals surface area contributed by atoms with Crippen LogP contribution in [0.25, 0.3) is 11.0 Å². The molecule has 1 aliphatic carbocycles. The molecule has 1 saturated carbocycles. The van der Waals surface area contributed by atoms with E-state index in [0.29, 0.717) is 29.7 Å². The number of aryl methyl sites for hydroxylation is 1. The third-order valence-electron chi connectivity index (χ3n) is 5.42. The number of hydrogen-bond donors (Lipinski definition) is 4. The summed E-state index contributed by atoms with van der Waals surface area (Å²) >= 11 is 0. The fraction of sp³-hybridized carbons (Fsp3) is 0.381. The van der Waals surface area contributed by atoms with Crippen LogP contribution in [0.4, 0.5) is 10.1 Å². The maximum absolute atomic E-state index is 14.1. The number of rotatable bonds is 7. The van der Waals surface area contributed by atoms with Gasteiger partial charge in [0.25, 0.3) is 11.5 Å². The number of pyridine rings is 2. The molecule has 0 spiro atoms. The number of H-pyrrole nitrogens is 1. The minimum atomic E-state index is -0.688. The van der Waals surface area contributed by atoms with Crippen molar-refractivity contribution in [2.45, 2.75) is 44.8 Å². The van der Waals surface area contributed by atoms with Crippen LogP contribution >= 0.6 is 0 Å². The first-order chi connectivity index (χ1) is 15.0. The molecule has 31 heavy (non-hydrogen) atoms. The Morgan fingerprint density at radius 1 is 1.26 bits per heavy atom. The van der Waals surface area contributed by atoms with Gasteiger partial charge in [-0.15, -0.1) is 0 Å². The summed E-state index contributed by atoms with van der Waals surface area (Å²) in [5.74, 6) is -1.11. The van der Waals surface area contributed by atoms with Crippen LogP contribution in [-0.4, -0.2) is 45.0 Å². The highest BCUT2D eigenvalue weighted by molar-refractivity contribution is 5.92. The second kappa shape index (κ2) is 8.76. The van der Waals surface area contributed by atoms with Crippen molar-refractivity contribution in [3.8, 4) is 0 Å². The number of fused-ring (bicyclic) bond motifs is 1. The van der Waals surface area contributed by atoms with E-state index >= 15 is 0 Å². The Kier molecular flexibility index (Phi) is 5.90. The minimum Gasteiger partial charge on any atom is -0.378 e. The van der Waals surface area contributed by atoms with Crippen molar-refractivity contribution in [3.05, 3.63) is 57.8 Å². The van der Waals surface area contributed by atoms with Crippen LogP contribution in [0, 0.1) is 5.95 Å². The monoisotopic (exact) mass is 425 g/mol. The smallest absolute Gasteiger partial charge is 0.270 e. The van der Waals surface area contributed by atoms with Crippen LogP contribution in [0.5, 0.6) is 0 Å². The molecule has 1 fully saturated rings. The molecule has 9 nitrogen and oxygen atoms in total. The molecule has 162 valence electrons. The molecular formula is C21H24FN7O2. The highest BCUT2D eigenvalue weighted by atomic mass is 19.1. The van der Waals surface area contributed by atoms with Crippen LogP contribution in [0.15, 0.2) is 29.2 Å². The maximum atomic E-state index is 14.1. The van der Waals surface area contributed by atoms with E-state index in [1.54, 1.807) is 6.20 Å². The van der Waals surface area contributed by atoms with Gasteiger partial charge in [0.1, 0.15) is 16.9 Å². The number of nitrogens with zero attached hydrogens (tertiary/aromatic N) is 3. The van der Waals surface area contributed by atoms with Gasteiger partial charge in [0.15, 0.2) is 0 Å². The largest absolute Gasteiger partial charge is 0.378 e. The van der Waals surface area contributed by atoms with Gasteiger partial charge in [-0.2, -0.15) is 4.39 Å². The lowest BCUT2D eigenvalue weighted by molar-refractivity contribution is 0.0957. The van der Waals surface area contributed by atoms with E-state index < -0.39 is 11.9 Å². The van der Waals surface area contributed by atoms with Gasteiger partial charge in [-0.1, -0.05) is 6.92 Å². The minimum absolute atomic E-state index is 0.0454. The molecule has 3 aromatic rings. The SMILES string of the molecule is CCc1nc2cnc(CNC3CC(Nc4ccc(C(=O)NC)nc4F)C3)cc2[nH]c1=O. The van der Waals surface area contributed by atoms with E-state index in [0.717, 1.165) is 18.5 Å². The number of hydrogen-bond acceptors (Lipinski definition) is 7. The first-order valence-corrected chi connectivity index (χ1v) is 10.2. The fourth-order valence-electron chi connectivity index (χ4n) is 3.58. The Balaban J connectivity index is 1.29. The molecule has 0 saturated heterocycles. The lowest BCUT2D eigenvalue weighted by Gasteiger charge is -2.37. The quantitative estimate of drug-likeness (QED) is 0.423. The van der Waals surface area contributed by atoms with E-state index in [1.807, 2.05) is 13.0 Å². The average Bonchev–Trinajstić information content (AvgIpc) is 2.74. The van der Waals surface area contributed by atoms with Gasteiger partial charge in [-0.05, 0) is 37.5 Å². The summed E-state index contributed by atoms with van der Waals surface area (Å²) in [7, 11) is 1.47. The molecule has 0 aliphatic heterocycles. The maximum Gasteiger partial charge on any atom is 0.270 e. The van der Waals surface area contributed by atoms with E-state index in [-0.39, 0.29) is 29.0 Å². The van der Waals surface area contributed by atoms with Crippen molar-refractivity contribution in [1.29, 1.82) is 0 Å². The van der Waals surface area contributed by atoms with Crippen molar-refractivity contribution < 1.29 is 9.18 Å². The number of amides is 1.